The van der Waals surface area contributed by atoms with Crippen LogP contribution >= 0.6 is 0 Å². The van der Waals surface area contributed by atoms with E-state index in [9.17, 15) is 0 Å². The van der Waals surface area contributed by atoms with Crippen molar-refractivity contribution in [2.24, 2.45) is 0 Å². The Kier molecular flexibility index (Phi) is 5.31. The first kappa shape index (κ1) is 23.1. The quantitative estimate of drug-likeness (QED) is 0.230. The number of hydrogen-bond acceptors (Lipinski definition) is 7. The lowest BCUT2D eigenvalue weighted by molar-refractivity contribution is 0.652. The fourth-order valence-corrected chi connectivity index (χ4v) is 5.06. The minimum Gasteiger partial charge on any atom is -0.434 e. The Bertz CT molecular complexity index is 2150. The molecule has 4 aromatic heterocycles. The Morgan fingerprint density at radius 2 is 1.12 bits per heavy atom. The molecular formula is C34H20N6O. The zero-order valence-electron chi connectivity index (χ0n) is 21.6. The van der Waals surface area contributed by atoms with Crippen LogP contribution in [0.3, 0.4) is 0 Å². The van der Waals surface area contributed by atoms with Gasteiger partial charge in [-0.25, -0.2) is 29.9 Å². The molecule has 0 aliphatic heterocycles. The Labute approximate surface area is 234 Å². The van der Waals surface area contributed by atoms with Crippen molar-refractivity contribution >= 4 is 33.0 Å². The highest BCUT2D eigenvalue weighted by atomic mass is 16.3. The van der Waals surface area contributed by atoms with Gasteiger partial charge in [-0.15, -0.1) is 0 Å². The van der Waals surface area contributed by atoms with Gasteiger partial charge in [-0.3, -0.25) is 0 Å². The molecule has 41 heavy (non-hydrogen) atoms. The number of benzene rings is 4. The summed E-state index contributed by atoms with van der Waals surface area (Å²) in [6, 6.07) is 36.3. The summed E-state index contributed by atoms with van der Waals surface area (Å²) in [7, 11) is 0. The van der Waals surface area contributed by atoms with Gasteiger partial charge in [-0.2, -0.15) is 0 Å². The zero-order chi connectivity index (χ0) is 27.2. The number of rotatable bonds is 4. The molecular weight excluding hydrogens is 508 g/mol. The molecule has 0 atom stereocenters. The van der Waals surface area contributed by atoms with Gasteiger partial charge in [0.15, 0.2) is 23.1 Å². The van der Waals surface area contributed by atoms with E-state index >= 15 is 0 Å². The fraction of sp³-hybridized carbons (Fsp3) is 0. The first-order valence-corrected chi connectivity index (χ1v) is 13.2. The minimum absolute atomic E-state index is 0.479. The molecule has 0 aliphatic rings. The van der Waals surface area contributed by atoms with E-state index in [2.05, 4.69) is 45.3 Å². The fourth-order valence-electron chi connectivity index (χ4n) is 5.06. The summed E-state index contributed by atoms with van der Waals surface area (Å²) in [5.41, 5.74) is 5.98. The van der Waals surface area contributed by atoms with Crippen molar-refractivity contribution < 1.29 is 4.42 Å². The van der Waals surface area contributed by atoms with Gasteiger partial charge in [0.1, 0.15) is 17.5 Å². The molecule has 0 unspecified atom stereocenters. The van der Waals surface area contributed by atoms with Crippen LogP contribution in [0.4, 0.5) is 0 Å². The molecule has 7 heteroatoms. The van der Waals surface area contributed by atoms with Crippen LogP contribution in [0.5, 0.6) is 0 Å². The average molecular weight is 529 g/mol. The summed E-state index contributed by atoms with van der Waals surface area (Å²) >= 11 is 0. The van der Waals surface area contributed by atoms with Crippen LogP contribution < -0.4 is 0 Å². The third kappa shape index (κ3) is 4.08. The molecule has 0 fully saturated rings. The molecule has 192 valence electrons. The van der Waals surface area contributed by atoms with Crippen molar-refractivity contribution in [1.82, 2.24) is 29.9 Å². The largest absolute Gasteiger partial charge is 0.434 e. The van der Waals surface area contributed by atoms with Gasteiger partial charge in [0, 0.05) is 28.5 Å². The molecule has 8 rings (SSSR count). The van der Waals surface area contributed by atoms with E-state index in [4.69, 9.17) is 19.4 Å². The van der Waals surface area contributed by atoms with Crippen LogP contribution in [0.25, 0.3) is 78.4 Å². The first-order chi connectivity index (χ1) is 20.3. The Morgan fingerprint density at radius 1 is 0.488 bits per heavy atom. The van der Waals surface area contributed by atoms with Crippen molar-refractivity contribution in [1.29, 1.82) is 0 Å². The van der Waals surface area contributed by atoms with Crippen LogP contribution in [0.2, 0.25) is 0 Å². The van der Waals surface area contributed by atoms with Crippen LogP contribution in [0, 0.1) is 0 Å². The van der Waals surface area contributed by atoms with E-state index < -0.39 is 0 Å². The maximum absolute atomic E-state index is 6.24. The third-order valence-corrected chi connectivity index (χ3v) is 7.09. The van der Waals surface area contributed by atoms with Crippen LogP contribution in [-0.2, 0) is 0 Å². The number of aromatic nitrogens is 6. The average Bonchev–Trinajstić information content (AvgIpc) is 3.43. The van der Waals surface area contributed by atoms with Crippen molar-refractivity contribution in [2.45, 2.75) is 0 Å². The van der Waals surface area contributed by atoms with E-state index in [0.29, 0.717) is 34.3 Å². The summed E-state index contributed by atoms with van der Waals surface area (Å²) < 4.78 is 6.24. The number of pyridine rings is 1. The molecule has 4 aromatic carbocycles. The monoisotopic (exact) mass is 528 g/mol. The maximum atomic E-state index is 6.24. The molecule has 0 aliphatic carbocycles. The van der Waals surface area contributed by atoms with Crippen molar-refractivity contribution in [3.63, 3.8) is 0 Å². The molecule has 0 spiro atoms. The summed E-state index contributed by atoms with van der Waals surface area (Å²) in [4.78, 5) is 28.3. The molecule has 0 saturated heterocycles. The standard InChI is InChI=1S/C34H20N6O/c1-3-10-22(11-4-1)31-38-32(23-12-5-2-6-13-23)40-33(39-31)26-18-27-29-30(41-34(27)35-19-26)28(36-20-37-29)25-16-15-21-9-7-8-14-24(21)17-25/h1-20H. The Balaban J connectivity index is 1.29. The number of hydrogen-bond donors (Lipinski definition) is 0. The minimum atomic E-state index is 0.479. The highest BCUT2D eigenvalue weighted by Gasteiger charge is 2.18. The highest BCUT2D eigenvalue weighted by molar-refractivity contribution is 6.06. The van der Waals surface area contributed by atoms with Gasteiger partial charge in [0.25, 0.3) is 0 Å². The van der Waals surface area contributed by atoms with E-state index in [-0.39, 0.29) is 0 Å². The Hall–Kier alpha value is -5.82. The molecule has 7 nitrogen and oxygen atoms in total. The molecule has 0 amide bonds. The number of fused-ring (bicyclic) bond motifs is 4. The molecule has 0 N–H and O–H groups in total. The van der Waals surface area contributed by atoms with E-state index in [1.54, 1.807) is 12.5 Å². The highest BCUT2D eigenvalue weighted by Crippen LogP contribution is 2.35. The van der Waals surface area contributed by atoms with Gasteiger partial charge in [0.05, 0.1) is 5.39 Å². The van der Waals surface area contributed by atoms with Gasteiger partial charge in [-0.05, 0) is 22.9 Å². The molecule has 0 bridgehead atoms. The lowest BCUT2D eigenvalue weighted by atomic mass is 10.0. The third-order valence-electron chi connectivity index (χ3n) is 7.09. The first-order valence-electron chi connectivity index (χ1n) is 13.2. The molecule has 0 saturated carbocycles. The van der Waals surface area contributed by atoms with Gasteiger partial charge in [0.2, 0.25) is 5.71 Å². The number of nitrogens with zero attached hydrogens (tertiary/aromatic N) is 6. The Morgan fingerprint density at radius 3 is 1.83 bits per heavy atom. The SMILES string of the molecule is c1ccc(-c2nc(-c3ccccc3)nc(-c3cnc4oc5c(-c6ccc7ccccc7c6)ncnc5c4c3)n2)cc1. The number of furan rings is 1. The van der Waals surface area contributed by atoms with Crippen molar-refractivity contribution in [3.05, 3.63) is 122 Å². The summed E-state index contributed by atoms with van der Waals surface area (Å²) in [6.07, 6.45) is 3.30. The van der Waals surface area contributed by atoms with E-state index in [1.807, 2.05) is 78.9 Å². The van der Waals surface area contributed by atoms with E-state index in [0.717, 1.165) is 38.7 Å². The second-order valence-electron chi connectivity index (χ2n) is 9.68. The van der Waals surface area contributed by atoms with Crippen molar-refractivity contribution in [3.8, 4) is 45.4 Å². The second-order valence-corrected chi connectivity index (χ2v) is 9.68. The van der Waals surface area contributed by atoms with Gasteiger partial charge in [-0.1, -0.05) is 97.1 Å². The molecule has 0 radical (unpaired) electrons. The topological polar surface area (TPSA) is 90.5 Å². The summed E-state index contributed by atoms with van der Waals surface area (Å²) in [6.45, 7) is 0. The zero-order valence-corrected chi connectivity index (χ0v) is 21.6. The lowest BCUT2D eigenvalue weighted by Crippen LogP contribution is -2.00. The maximum Gasteiger partial charge on any atom is 0.229 e. The normalized spacial score (nSPS) is 11.4. The second kappa shape index (κ2) is 9.43. The van der Waals surface area contributed by atoms with Crippen LogP contribution in [-0.4, -0.2) is 29.9 Å². The smallest absolute Gasteiger partial charge is 0.229 e. The lowest BCUT2D eigenvalue weighted by Gasteiger charge is -2.08. The van der Waals surface area contributed by atoms with Crippen molar-refractivity contribution in [2.75, 3.05) is 0 Å². The van der Waals surface area contributed by atoms with Gasteiger partial charge >= 0.3 is 0 Å². The van der Waals surface area contributed by atoms with Gasteiger partial charge < -0.3 is 4.42 Å². The molecule has 8 aromatic rings. The predicted octanol–water partition coefficient (Wildman–Crippen LogP) is 7.78. The summed E-state index contributed by atoms with van der Waals surface area (Å²) in [5, 5.41) is 3.07. The predicted molar refractivity (Wildman–Crippen MR) is 160 cm³/mol. The van der Waals surface area contributed by atoms with Crippen LogP contribution in [0.1, 0.15) is 0 Å². The summed E-state index contributed by atoms with van der Waals surface area (Å²) in [5.74, 6) is 1.70. The van der Waals surface area contributed by atoms with Crippen LogP contribution in [0.15, 0.2) is 126 Å². The molecule has 4 heterocycles. The van der Waals surface area contributed by atoms with E-state index in [1.165, 1.54) is 5.39 Å².